The molecular weight excluding hydrogens is 364 g/mol. The van der Waals surface area contributed by atoms with Gasteiger partial charge in [0.1, 0.15) is 11.9 Å². The molecular formula is C21H19ClN2O3. The molecule has 1 saturated heterocycles. The van der Waals surface area contributed by atoms with Gasteiger partial charge >= 0.3 is 0 Å². The molecule has 2 heterocycles. The molecule has 1 aliphatic rings. The maximum atomic E-state index is 12.9. The number of fused-ring (bicyclic) bond motifs is 1. The standard InChI is InChI=1S/C21H19ClN2O3/c1-26-19-8-7-15(22)12-17(19)21(25)24-11-10-16(13-24)27-20-9-6-14-4-2-3-5-18(14)23-20/h2-9,12,16H,10-11,13H2,1H3. The van der Waals surface area contributed by atoms with Crippen LogP contribution in [0.1, 0.15) is 16.8 Å². The second kappa shape index (κ2) is 7.45. The average Bonchev–Trinajstić information content (AvgIpc) is 3.15. The van der Waals surface area contributed by atoms with E-state index in [1.165, 1.54) is 0 Å². The molecule has 2 aromatic carbocycles. The molecule has 1 amide bonds. The van der Waals surface area contributed by atoms with Crippen LogP contribution in [-0.2, 0) is 0 Å². The molecule has 0 bridgehead atoms. The maximum absolute atomic E-state index is 12.9. The smallest absolute Gasteiger partial charge is 0.257 e. The van der Waals surface area contributed by atoms with Crippen molar-refractivity contribution in [2.45, 2.75) is 12.5 Å². The highest BCUT2D eigenvalue weighted by Crippen LogP contribution is 2.26. The predicted molar refractivity (Wildman–Crippen MR) is 105 cm³/mol. The van der Waals surface area contributed by atoms with E-state index >= 15 is 0 Å². The molecule has 1 fully saturated rings. The summed E-state index contributed by atoms with van der Waals surface area (Å²) in [6, 6.07) is 16.8. The fourth-order valence-corrected chi connectivity index (χ4v) is 3.48. The zero-order chi connectivity index (χ0) is 18.8. The number of nitrogens with zero attached hydrogens (tertiary/aromatic N) is 2. The van der Waals surface area contributed by atoms with Crippen LogP contribution in [0, 0.1) is 0 Å². The van der Waals surface area contributed by atoms with Gasteiger partial charge in [-0.2, -0.15) is 0 Å². The summed E-state index contributed by atoms with van der Waals surface area (Å²) in [5.74, 6) is 0.991. The number of likely N-dealkylation sites (tertiary alicyclic amines) is 1. The Morgan fingerprint density at radius 3 is 2.89 bits per heavy atom. The lowest BCUT2D eigenvalue weighted by Crippen LogP contribution is -2.31. The van der Waals surface area contributed by atoms with Crippen LogP contribution in [0.15, 0.2) is 54.6 Å². The Balaban J connectivity index is 1.46. The molecule has 0 spiro atoms. The molecule has 1 atom stereocenters. The van der Waals surface area contributed by atoms with Crippen LogP contribution in [0.2, 0.25) is 5.02 Å². The van der Waals surface area contributed by atoms with Gasteiger partial charge in [-0.25, -0.2) is 4.98 Å². The topological polar surface area (TPSA) is 51.7 Å². The van der Waals surface area contributed by atoms with Crippen molar-refractivity contribution in [1.29, 1.82) is 0 Å². The van der Waals surface area contributed by atoms with Crippen LogP contribution in [0.5, 0.6) is 11.6 Å². The molecule has 138 valence electrons. The van der Waals surface area contributed by atoms with E-state index in [0.29, 0.717) is 35.3 Å². The van der Waals surface area contributed by atoms with Gasteiger partial charge in [0, 0.05) is 29.4 Å². The van der Waals surface area contributed by atoms with Crippen molar-refractivity contribution in [3.05, 3.63) is 65.2 Å². The van der Waals surface area contributed by atoms with Crippen molar-refractivity contribution in [2.24, 2.45) is 0 Å². The number of carbonyl (C=O) groups is 1. The number of ether oxygens (including phenoxy) is 2. The number of methoxy groups -OCH3 is 1. The molecule has 1 unspecified atom stereocenters. The Bertz CT molecular complexity index is 992. The fourth-order valence-electron chi connectivity index (χ4n) is 3.31. The van der Waals surface area contributed by atoms with E-state index in [-0.39, 0.29) is 12.0 Å². The van der Waals surface area contributed by atoms with E-state index < -0.39 is 0 Å². The number of aromatic nitrogens is 1. The van der Waals surface area contributed by atoms with Gasteiger partial charge in [-0.1, -0.05) is 29.8 Å². The first-order valence-corrected chi connectivity index (χ1v) is 9.17. The first kappa shape index (κ1) is 17.6. The largest absolute Gasteiger partial charge is 0.496 e. The SMILES string of the molecule is COc1ccc(Cl)cc1C(=O)N1CCC(Oc2ccc3ccccc3n2)C1. The third kappa shape index (κ3) is 3.69. The minimum absolute atomic E-state index is 0.0900. The number of hydrogen-bond donors (Lipinski definition) is 0. The van der Waals surface area contributed by atoms with Gasteiger partial charge in [0.2, 0.25) is 5.88 Å². The number of rotatable bonds is 4. The molecule has 3 aromatic rings. The number of amides is 1. The fraction of sp³-hybridized carbons (Fsp3) is 0.238. The number of benzene rings is 2. The summed E-state index contributed by atoms with van der Waals surface area (Å²) >= 11 is 6.05. The van der Waals surface area contributed by atoms with Crippen LogP contribution in [-0.4, -0.2) is 42.1 Å². The van der Waals surface area contributed by atoms with Gasteiger partial charge in [-0.3, -0.25) is 4.79 Å². The minimum atomic E-state index is -0.105. The molecule has 1 aliphatic heterocycles. The molecule has 4 rings (SSSR count). The van der Waals surface area contributed by atoms with Crippen molar-refractivity contribution >= 4 is 28.4 Å². The van der Waals surface area contributed by atoms with E-state index in [4.69, 9.17) is 21.1 Å². The van der Waals surface area contributed by atoms with Crippen molar-refractivity contribution in [1.82, 2.24) is 9.88 Å². The first-order valence-electron chi connectivity index (χ1n) is 8.79. The second-order valence-corrected chi connectivity index (χ2v) is 6.90. The highest BCUT2D eigenvalue weighted by Gasteiger charge is 2.30. The summed E-state index contributed by atoms with van der Waals surface area (Å²) in [7, 11) is 1.54. The van der Waals surface area contributed by atoms with Crippen LogP contribution in [0.25, 0.3) is 10.9 Å². The highest BCUT2D eigenvalue weighted by atomic mass is 35.5. The summed E-state index contributed by atoms with van der Waals surface area (Å²) in [6.45, 7) is 1.12. The van der Waals surface area contributed by atoms with Gasteiger partial charge in [-0.05, 0) is 30.3 Å². The van der Waals surface area contributed by atoms with Gasteiger partial charge in [0.15, 0.2) is 0 Å². The summed E-state index contributed by atoms with van der Waals surface area (Å²) in [5.41, 5.74) is 1.36. The Labute approximate surface area is 162 Å². The van der Waals surface area contributed by atoms with E-state index in [9.17, 15) is 4.79 Å². The maximum Gasteiger partial charge on any atom is 0.257 e. The van der Waals surface area contributed by atoms with E-state index in [1.54, 1.807) is 30.2 Å². The highest BCUT2D eigenvalue weighted by molar-refractivity contribution is 6.31. The normalized spacial score (nSPS) is 16.5. The number of halogens is 1. The molecule has 5 nitrogen and oxygen atoms in total. The zero-order valence-corrected chi connectivity index (χ0v) is 15.6. The third-order valence-electron chi connectivity index (χ3n) is 4.68. The monoisotopic (exact) mass is 382 g/mol. The van der Waals surface area contributed by atoms with Gasteiger partial charge in [-0.15, -0.1) is 0 Å². The summed E-state index contributed by atoms with van der Waals surface area (Å²) in [6.07, 6.45) is 0.663. The number of pyridine rings is 1. The van der Waals surface area contributed by atoms with Crippen molar-refractivity contribution < 1.29 is 14.3 Å². The lowest BCUT2D eigenvalue weighted by atomic mass is 10.1. The lowest BCUT2D eigenvalue weighted by molar-refractivity contribution is 0.0768. The van der Waals surface area contributed by atoms with Crippen LogP contribution < -0.4 is 9.47 Å². The Hall–Kier alpha value is -2.79. The molecule has 0 radical (unpaired) electrons. The molecule has 6 heteroatoms. The Morgan fingerprint density at radius 2 is 2.04 bits per heavy atom. The van der Waals surface area contributed by atoms with Crippen LogP contribution in [0.3, 0.4) is 0 Å². The lowest BCUT2D eigenvalue weighted by Gasteiger charge is -2.18. The molecule has 1 aromatic heterocycles. The molecule has 0 saturated carbocycles. The van der Waals surface area contributed by atoms with E-state index in [1.807, 2.05) is 36.4 Å². The predicted octanol–water partition coefficient (Wildman–Crippen LogP) is 4.19. The van der Waals surface area contributed by atoms with Crippen molar-refractivity contribution in [3.63, 3.8) is 0 Å². The van der Waals surface area contributed by atoms with E-state index in [0.717, 1.165) is 17.3 Å². The summed E-state index contributed by atoms with van der Waals surface area (Å²) in [4.78, 5) is 19.2. The summed E-state index contributed by atoms with van der Waals surface area (Å²) in [5, 5.41) is 1.58. The minimum Gasteiger partial charge on any atom is -0.496 e. The third-order valence-corrected chi connectivity index (χ3v) is 4.92. The van der Waals surface area contributed by atoms with Crippen molar-refractivity contribution in [3.8, 4) is 11.6 Å². The van der Waals surface area contributed by atoms with Crippen LogP contribution in [0.4, 0.5) is 0 Å². The first-order chi connectivity index (χ1) is 13.1. The number of para-hydroxylation sites is 1. The molecule has 27 heavy (non-hydrogen) atoms. The van der Waals surface area contributed by atoms with E-state index in [2.05, 4.69) is 4.98 Å². The average molecular weight is 383 g/mol. The van der Waals surface area contributed by atoms with Crippen LogP contribution >= 0.6 is 11.6 Å². The Morgan fingerprint density at radius 1 is 1.19 bits per heavy atom. The summed E-state index contributed by atoms with van der Waals surface area (Å²) < 4.78 is 11.3. The Kier molecular flexibility index (Phi) is 4.86. The zero-order valence-electron chi connectivity index (χ0n) is 14.9. The quantitative estimate of drug-likeness (QED) is 0.679. The van der Waals surface area contributed by atoms with Gasteiger partial charge in [0.25, 0.3) is 5.91 Å². The number of carbonyl (C=O) groups excluding carboxylic acids is 1. The van der Waals surface area contributed by atoms with Crippen molar-refractivity contribution in [2.75, 3.05) is 20.2 Å². The van der Waals surface area contributed by atoms with Gasteiger partial charge in [0.05, 0.1) is 24.7 Å². The van der Waals surface area contributed by atoms with Gasteiger partial charge < -0.3 is 14.4 Å². The number of hydrogen-bond acceptors (Lipinski definition) is 4. The molecule has 0 N–H and O–H groups in total. The second-order valence-electron chi connectivity index (χ2n) is 6.47. The molecule has 0 aliphatic carbocycles.